The highest BCUT2D eigenvalue weighted by molar-refractivity contribution is 5.80. The number of ether oxygens (including phenoxy) is 1. The molecule has 0 bridgehead atoms. The fraction of sp³-hybridized carbons (Fsp3) is 0.250. The molecule has 0 fully saturated rings. The smallest absolute Gasteiger partial charge is 0.252 e. The van der Waals surface area contributed by atoms with E-state index in [-0.39, 0.29) is 5.56 Å². The molecule has 4 nitrogen and oxygen atoms in total. The molecule has 3 rings (SSSR count). The molecule has 4 heteroatoms. The number of aromatic amines is 1. The number of methoxy groups -OCH3 is 1. The second-order valence-electron chi connectivity index (χ2n) is 5.93. The second-order valence-corrected chi connectivity index (χ2v) is 5.93. The van der Waals surface area contributed by atoms with Gasteiger partial charge in [0.2, 0.25) is 0 Å². The van der Waals surface area contributed by atoms with Crippen molar-refractivity contribution in [2.75, 3.05) is 13.7 Å². The van der Waals surface area contributed by atoms with Crippen molar-refractivity contribution in [1.29, 1.82) is 0 Å². The lowest BCUT2D eigenvalue weighted by atomic mass is 10.1. The zero-order valence-corrected chi connectivity index (χ0v) is 14.1. The van der Waals surface area contributed by atoms with Gasteiger partial charge in [-0.2, -0.15) is 0 Å². The molecule has 0 unspecified atom stereocenters. The van der Waals surface area contributed by atoms with Crippen LogP contribution < -0.4 is 15.6 Å². The van der Waals surface area contributed by atoms with Crippen LogP contribution >= 0.6 is 0 Å². The van der Waals surface area contributed by atoms with E-state index in [1.807, 2.05) is 24.3 Å². The Kier molecular flexibility index (Phi) is 4.96. The van der Waals surface area contributed by atoms with Gasteiger partial charge in [0.25, 0.3) is 5.56 Å². The number of aromatic nitrogens is 1. The molecule has 2 aromatic carbocycles. The number of fused-ring (bicyclic) bond motifs is 1. The number of H-pyrrole nitrogens is 1. The number of hydrogen-bond acceptors (Lipinski definition) is 3. The summed E-state index contributed by atoms with van der Waals surface area (Å²) in [7, 11) is 1.64. The number of aryl methyl sites for hydroxylation is 1. The first-order valence-electron chi connectivity index (χ1n) is 8.12. The molecular formula is C20H22N2O2. The third-order valence-corrected chi connectivity index (χ3v) is 4.28. The zero-order chi connectivity index (χ0) is 16.9. The molecule has 1 aromatic heterocycles. The van der Waals surface area contributed by atoms with E-state index in [0.717, 1.165) is 35.2 Å². The van der Waals surface area contributed by atoms with Crippen molar-refractivity contribution in [1.82, 2.24) is 10.3 Å². The normalized spacial score (nSPS) is 10.9. The van der Waals surface area contributed by atoms with Crippen LogP contribution in [0.4, 0.5) is 0 Å². The molecule has 0 radical (unpaired) electrons. The molecule has 3 aromatic rings. The van der Waals surface area contributed by atoms with E-state index in [0.29, 0.717) is 6.54 Å². The lowest BCUT2D eigenvalue weighted by molar-refractivity contribution is 0.415. The Bertz CT molecular complexity index is 900. The molecule has 0 saturated carbocycles. The average Bonchev–Trinajstić information content (AvgIpc) is 2.60. The summed E-state index contributed by atoms with van der Waals surface area (Å²) in [5.74, 6) is 0.785. The van der Waals surface area contributed by atoms with Crippen LogP contribution in [0, 0.1) is 6.92 Å². The van der Waals surface area contributed by atoms with E-state index >= 15 is 0 Å². The highest BCUT2D eigenvalue weighted by atomic mass is 16.5. The largest absolute Gasteiger partial charge is 0.497 e. The van der Waals surface area contributed by atoms with Crippen LogP contribution in [0.2, 0.25) is 0 Å². The van der Waals surface area contributed by atoms with Crippen LogP contribution in [0.3, 0.4) is 0 Å². The molecule has 2 N–H and O–H groups in total. The summed E-state index contributed by atoms with van der Waals surface area (Å²) in [5.41, 5.74) is 4.15. The van der Waals surface area contributed by atoms with E-state index in [4.69, 9.17) is 4.74 Å². The molecule has 0 spiro atoms. The van der Waals surface area contributed by atoms with Gasteiger partial charge in [-0.25, -0.2) is 0 Å². The highest BCUT2D eigenvalue weighted by Crippen LogP contribution is 2.18. The molecule has 0 atom stereocenters. The van der Waals surface area contributed by atoms with E-state index in [2.05, 4.69) is 41.5 Å². The molecule has 0 aliphatic carbocycles. The Labute approximate surface area is 141 Å². The van der Waals surface area contributed by atoms with E-state index in [9.17, 15) is 4.79 Å². The molecule has 1 heterocycles. The van der Waals surface area contributed by atoms with Gasteiger partial charge in [-0.3, -0.25) is 4.79 Å². The number of nitrogens with one attached hydrogen (secondary N) is 2. The van der Waals surface area contributed by atoms with Gasteiger partial charge in [0, 0.05) is 23.0 Å². The zero-order valence-electron chi connectivity index (χ0n) is 14.1. The summed E-state index contributed by atoms with van der Waals surface area (Å²) < 4.78 is 5.24. The van der Waals surface area contributed by atoms with Gasteiger partial charge in [-0.15, -0.1) is 0 Å². The van der Waals surface area contributed by atoms with Crippen molar-refractivity contribution in [2.45, 2.75) is 19.9 Å². The predicted molar refractivity (Wildman–Crippen MR) is 97.7 cm³/mol. The van der Waals surface area contributed by atoms with E-state index in [1.54, 1.807) is 7.11 Å². The summed E-state index contributed by atoms with van der Waals surface area (Å²) >= 11 is 0. The first-order valence-corrected chi connectivity index (χ1v) is 8.12. The Morgan fingerprint density at radius 1 is 1.08 bits per heavy atom. The van der Waals surface area contributed by atoms with Gasteiger partial charge < -0.3 is 15.0 Å². The molecule has 0 saturated heterocycles. The fourth-order valence-corrected chi connectivity index (χ4v) is 2.82. The van der Waals surface area contributed by atoms with Gasteiger partial charge in [0.1, 0.15) is 5.75 Å². The quantitative estimate of drug-likeness (QED) is 0.685. The lowest BCUT2D eigenvalue weighted by Gasteiger charge is -2.08. The lowest BCUT2D eigenvalue weighted by Crippen LogP contribution is -2.23. The number of rotatable bonds is 6. The summed E-state index contributed by atoms with van der Waals surface area (Å²) in [6, 6.07) is 15.9. The van der Waals surface area contributed by atoms with E-state index in [1.165, 1.54) is 11.1 Å². The minimum absolute atomic E-state index is 0.0453. The molecular weight excluding hydrogens is 300 g/mol. The van der Waals surface area contributed by atoms with Gasteiger partial charge in [-0.1, -0.05) is 24.3 Å². The van der Waals surface area contributed by atoms with E-state index < -0.39 is 0 Å². The Balaban J connectivity index is 1.67. The molecule has 24 heavy (non-hydrogen) atoms. The standard InChI is InChI=1S/C20H22N2O2/c1-14-5-3-4-6-15(14)9-10-21-13-17-11-16-12-18(24-2)7-8-19(16)22-20(17)23/h3-8,11-12,21H,9-10,13H2,1-2H3,(H,22,23). The first kappa shape index (κ1) is 16.3. The second kappa shape index (κ2) is 7.32. The average molecular weight is 322 g/mol. The summed E-state index contributed by atoms with van der Waals surface area (Å²) in [6.45, 7) is 3.51. The van der Waals surface area contributed by atoms with Crippen molar-refractivity contribution in [3.63, 3.8) is 0 Å². The minimum atomic E-state index is -0.0453. The Hall–Kier alpha value is -2.59. The summed E-state index contributed by atoms with van der Waals surface area (Å²) in [6.07, 6.45) is 0.950. The summed E-state index contributed by atoms with van der Waals surface area (Å²) in [5, 5.41) is 4.34. The molecule has 0 amide bonds. The fourth-order valence-electron chi connectivity index (χ4n) is 2.82. The minimum Gasteiger partial charge on any atom is -0.497 e. The van der Waals surface area contributed by atoms with Crippen LogP contribution in [0.5, 0.6) is 5.75 Å². The van der Waals surface area contributed by atoms with Crippen molar-refractivity contribution in [3.8, 4) is 5.75 Å². The predicted octanol–water partition coefficient (Wildman–Crippen LogP) is 3.18. The molecule has 124 valence electrons. The van der Waals surface area contributed by atoms with Crippen LogP contribution in [0.15, 0.2) is 53.3 Å². The van der Waals surface area contributed by atoms with Crippen LogP contribution in [-0.2, 0) is 13.0 Å². The van der Waals surface area contributed by atoms with Crippen LogP contribution in [0.25, 0.3) is 10.9 Å². The maximum atomic E-state index is 12.2. The maximum Gasteiger partial charge on any atom is 0.252 e. The van der Waals surface area contributed by atoms with Crippen molar-refractivity contribution in [2.24, 2.45) is 0 Å². The molecule has 0 aliphatic rings. The van der Waals surface area contributed by atoms with Gasteiger partial charge in [-0.05, 0) is 55.3 Å². The first-order chi connectivity index (χ1) is 11.7. The van der Waals surface area contributed by atoms with Gasteiger partial charge in [0.15, 0.2) is 0 Å². The van der Waals surface area contributed by atoms with Gasteiger partial charge >= 0.3 is 0 Å². The number of benzene rings is 2. The monoisotopic (exact) mass is 322 g/mol. The number of pyridine rings is 1. The molecule has 0 aliphatic heterocycles. The maximum absolute atomic E-state index is 12.2. The topological polar surface area (TPSA) is 54.1 Å². The SMILES string of the molecule is COc1ccc2[nH]c(=O)c(CNCCc3ccccc3C)cc2c1. The third-order valence-electron chi connectivity index (χ3n) is 4.28. The van der Waals surface area contributed by atoms with Gasteiger partial charge in [0.05, 0.1) is 7.11 Å². The van der Waals surface area contributed by atoms with Crippen LogP contribution in [0.1, 0.15) is 16.7 Å². The summed E-state index contributed by atoms with van der Waals surface area (Å²) in [4.78, 5) is 15.1. The Morgan fingerprint density at radius 2 is 1.92 bits per heavy atom. The van der Waals surface area contributed by atoms with Crippen LogP contribution in [-0.4, -0.2) is 18.6 Å². The van der Waals surface area contributed by atoms with Crippen molar-refractivity contribution in [3.05, 3.63) is 75.6 Å². The number of hydrogen-bond donors (Lipinski definition) is 2. The van der Waals surface area contributed by atoms with Crippen molar-refractivity contribution < 1.29 is 4.74 Å². The third kappa shape index (κ3) is 3.66. The van der Waals surface area contributed by atoms with Crippen molar-refractivity contribution >= 4 is 10.9 Å². The highest BCUT2D eigenvalue weighted by Gasteiger charge is 2.04. The Morgan fingerprint density at radius 3 is 2.71 bits per heavy atom.